The number of piperazine rings is 1. The second-order valence-electron chi connectivity index (χ2n) is 10.9. The van der Waals surface area contributed by atoms with Crippen molar-refractivity contribution in [3.05, 3.63) is 83.3 Å². The van der Waals surface area contributed by atoms with Gasteiger partial charge in [-0.1, -0.05) is 11.3 Å². The lowest BCUT2D eigenvalue weighted by Crippen LogP contribution is -2.43. The topological polar surface area (TPSA) is 104 Å². The van der Waals surface area contributed by atoms with Gasteiger partial charge >= 0.3 is 6.18 Å². The number of hydrogen-bond acceptors (Lipinski definition) is 7. The van der Waals surface area contributed by atoms with Crippen LogP contribution in [0.3, 0.4) is 0 Å². The molecule has 13 heteroatoms. The van der Waals surface area contributed by atoms with Crippen LogP contribution in [0.1, 0.15) is 27.0 Å². The molecule has 5 aromatic rings. The van der Waals surface area contributed by atoms with Crippen molar-refractivity contribution in [2.45, 2.75) is 19.6 Å². The minimum absolute atomic E-state index is 0.0470. The smallest absolute Gasteiger partial charge is 0.416 e. The molecule has 0 bridgehead atoms. The number of H-pyrrole nitrogens is 1. The molecule has 4 heterocycles. The summed E-state index contributed by atoms with van der Waals surface area (Å²) in [5.41, 5.74) is 3.24. The van der Waals surface area contributed by atoms with Crippen molar-refractivity contribution in [1.29, 1.82) is 0 Å². The number of nitrogens with zero attached hydrogens (tertiary/aromatic N) is 6. The van der Waals surface area contributed by atoms with E-state index in [4.69, 9.17) is 4.74 Å². The molecular formula is C31H31F3N8O2. The lowest BCUT2D eigenvalue weighted by atomic mass is 10.0. The van der Waals surface area contributed by atoms with Gasteiger partial charge in [-0.2, -0.15) is 13.2 Å². The number of aryl methyl sites for hydroxylation is 1. The first-order valence-corrected chi connectivity index (χ1v) is 14.1. The lowest BCUT2D eigenvalue weighted by Gasteiger charge is -2.33. The zero-order valence-corrected chi connectivity index (χ0v) is 24.4. The minimum Gasteiger partial charge on any atom is -0.494 e. The number of ether oxygens (including phenoxy) is 1. The zero-order valence-electron chi connectivity index (χ0n) is 24.4. The molecule has 1 aliphatic heterocycles. The van der Waals surface area contributed by atoms with Crippen LogP contribution >= 0.6 is 0 Å². The maximum atomic E-state index is 13.9. The molecule has 0 aliphatic carbocycles. The van der Waals surface area contributed by atoms with Crippen LogP contribution in [-0.4, -0.2) is 81.0 Å². The maximum Gasteiger partial charge on any atom is 0.416 e. The fourth-order valence-corrected chi connectivity index (χ4v) is 5.34. The molecule has 2 N–H and O–H groups in total. The van der Waals surface area contributed by atoms with E-state index in [2.05, 4.69) is 35.4 Å². The summed E-state index contributed by atoms with van der Waals surface area (Å²) in [6.07, 6.45) is 0.636. The molecule has 1 saturated heterocycles. The third-order valence-electron chi connectivity index (χ3n) is 7.84. The molecule has 6 rings (SSSR count). The maximum absolute atomic E-state index is 13.9. The lowest BCUT2D eigenvalue weighted by molar-refractivity contribution is -0.137. The number of benzene rings is 2. The molecule has 0 saturated carbocycles. The molecule has 1 amide bonds. The number of pyridine rings is 1. The molecule has 0 unspecified atom stereocenters. The minimum atomic E-state index is -4.61. The summed E-state index contributed by atoms with van der Waals surface area (Å²) < 4.78 is 49.0. The van der Waals surface area contributed by atoms with Crippen LogP contribution in [0.4, 0.5) is 18.9 Å². The van der Waals surface area contributed by atoms with Crippen LogP contribution in [0, 0.1) is 6.92 Å². The summed E-state index contributed by atoms with van der Waals surface area (Å²) in [6, 6.07) is 10.9. The van der Waals surface area contributed by atoms with E-state index in [9.17, 15) is 18.0 Å². The quantitative estimate of drug-likeness (QED) is 0.265. The van der Waals surface area contributed by atoms with E-state index in [1.54, 1.807) is 35.3 Å². The normalized spacial score (nSPS) is 14.7. The highest BCUT2D eigenvalue weighted by Gasteiger charge is 2.33. The molecule has 2 aromatic carbocycles. The first-order valence-electron chi connectivity index (χ1n) is 14.1. The van der Waals surface area contributed by atoms with Crippen molar-refractivity contribution < 1.29 is 22.7 Å². The number of methoxy groups -OCH3 is 1. The number of aromatic amines is 1. The fourth-order valence-electron chi connectivity index (χ4n) is 5.34. The van der Waals surface area contributed by atoms with Crippen molar-refractivity contribution in [3.63, 3.8) is 0 Å². The molecule has 0 spiro atoms. The number of alkyl halides is 3. The number of nitrogens with one attached hydrogen (secondary N) is 2. The number of aromatic nitrogens is 5. The zero-order chi connectivity index (χ0) is 31.0. The Balaban J connectivity index is 1.28. The van der Waals surface area contributed by atoms with Crippen molar-refractivity contribution in [2.24, 2.45) is 0 Å². The van der Waals surface area contributed by atoms with Crippen LogP contribution in [0.5, 0.6) is 5.75 Å². The van der Waals surface area contributed by atoms with Crippen LogP contribution in [0.25, 0.3) is 28.0 Å². The highest BCUT2D eigenvalue weighted by Crippen LogP contribution is 2.39. The number of carbonyl (C=O) groups excluding carboxylic acids is 1. The van der Waals surface area contributed by atoms with Gasteiger partial charge in [0.25, 0.3) is 5.91 Å². The van der Waals surface area contributed by atoms with Crippen LogP contribution in [0.2, 0.25) is 0 Å². The van der Waals surface area contributed by atoms with Gasteiger partial charge in [0.15, 0.2) is 0 Å². The summed E-state index contributed by atoms with van der Waals surface area (Å²) >= 11 is 0. The van der Waals surface area contributed by atoms with E-state index in [1.165, 1.54) is 7.11 Å². The SMILES string of the molecule is COc1c(CN2CCN(C)CC2)cc(C(F)(F)F)cc1NC(=O)c1ccc(C)c(-n2cc(-c3cnc4[nH]ccc4c3)nn2)c1. The molecule has 1 aliphatic rings. The molecule has 3 aromatic heterocycles. The van der Waals surface area contributed by atoms with Gasteiger partial charge in [0, 0.05) is 67.2 Å². The highest BCUT2D eigenvalue weighted by atomic mass is 19.4. The summed E-state index contributed by atoms with van der Waals surface area (Å²) in [7, 11) is 3.40. The van der Waals surface area contributed by atoms with E-state index in [0.29, 0.717) is 30.0 Å². The van der Waals surface area contributed by atoms with Crippen molar-refractivity contribution in [3.8, 4) is 22.7 Å². The Morgan fingerprint density at radius 2 is 1.89 bits per heavy atom. The van der Waals surface area contributed by atoms with Crippen LogP contribution in [0.15, 0.2) is 61.1 Å². The molecule has 10 nitrogen and oxygen atoms in total. The standard InChI is InChI=1S/C31H31F3N8O2/c1-19-4-5-21(14-27(19)42-18-26(38-39-42)22-12-20-6-7-35-29(20)36-16-22)30(43)37-25-15-24(31(32,33)34)13-23(28(25)44-3)17-41-10-8-40(2)9-11-41/h4-7,12-16,18H,8-11,17H2,1-3H3,(H,35,36)(H,37,43). The van der Waals surface area contributed by atoms with E-state index in [1.807, 2.05) is 32.3 Å². The van der Waals surface area contributed by atoms with Gasteiger partial charge in [0.1, 0.15) is 17.1 Å². The number of hydrogen-bond donors (Lipinski definition) is 2. The molecule has 1 fully saturated rings. The first kappa shape index (κ1) is 29.3. The number of halogens is 3. The largest absolute Gasteiger partial charge is 0.494 e. The monoisotopic (exact) mass is 604 g/mol. The Bertz CT molecular complexity index is 1820. The summed E-state index contributed by atoms with van der Waals surface area (Å²) in [4.78, 5) is 25.2. The summed E-state index contributed by atoms with van der Waals surface area (Å²) in [6.45, 7) is 5.18. The number of carbonyl (C=O) groups is 1. The Labute approximate surface area is 251 Å². The van der Waals surface area contributed by atoms with E-state index in [-0.39, 0.29) is 23.5 Å². The Kier molecular flexibility index (Phi) is 7.82. The average molecular weight is 605 g/mol. The number of amides is 1. The van der Waals surface area contributed by atoms with Gasteiger partial charge in [-0.3, -0.25) is 9.69 Å². The third kappa shape index (κ3) is 6.01. The molecule has 0 radical (unpaired) electrons. The van der Waals surface area contributed by atoms with Gasteiger partial charge in [0.2, 0.25) is 0 Å². The summed E-state index contributed by atoms with van der Waals surface area (Å²) in [5.74, 6) is -0.386. The predicted molar refractivity (Wildman–Crippen MR) is 160 cm³/mol. The van der Waals surface area contributed by atoms with Gasteiger partial charge < -0.3 is 19.9 Å². The number of rotatable bonds is 7. The van der Waals surface area contributed by atoms with E-state index in [0.717, 1.165) is 47.4 Å². The van der Waals surface area contributed by atoms with Gasteiger partial charge in [-0.05, 0) is 55.9 Å². The Hall–Kier alpha value is -4.75. The van der Waals surface area contributed by atoms with E-state index >= 15 is 0 Å². The summed E-state index contributed by atoms with van der Waals surface area (Å²) in [5, 5.41) is 12.2. The molecule has 44 heavy (non-hydrogen) atoms. The van der Waals surface area contributed by atoms with Gasteiger partial charge in [0.05, 0.1) is 30.2 Å². The van der Waals surface area contributed by atoms with Gasteiger partial charge in [-0.25, -0.2) is 9.67 Å². The van der Waals surface area contributed by atoms with Crippen molar-refractivity contribution >= 4 is 22.6 Å². The van der Waals surface area contributed by atoms with E-state index < -0.39 is 17.6 Å². The van der Waals surface area contributed by atoms with Crippen molar-refractivity contribution in [2.75, 3.05) is 45.7 Å². The average Bonchev–Trinajstić information content (AvgIpc) is 3.68. The van der Waals surface area contributed by atoms with Crippen LogP contribution < -0.4 is 10.1 Å². The number of likely N-dealkylation sites (N-methyl/N-ethyl adjacent to an activating group) is 1. The van der Waals surface area contributed by atoms with Crippen molar-refractivity contribution in [1.82, 2.24) is 34.8 Å². The Morgan fingerprint density at radius 3 is 2.64 bits per heavy atom. The fraction of sp³-hybridized carbons (Fsp3) is 0.290. The third-order valence-corrected chi connectivity index (χ3v) is 7.84. The second-order valence-corrected chi connectivity index (χ2v) is 10.9. The first-order chi connectivity index (χ1) is 21.1. The van der Waals surface area contributed by atoms with Crippen LogP contribution in [-0.2, 0) is 12.7 Å². The van der Waals surface area contributed by atoms with Gasteiger partial charge in [-0.15, -0.1) is 5.10 Å². The predicted octanol–water partition coefficient (Wildman–Crippen LogP) is 5.15. The molecular weight excluding hydrogens is 573 g/mol. The molecule has 0 atom stereocenters. The number of fused-ring (bicyclic) bond motifs is 1. The number of anilines is 1. The second kappa shape index (κ2) is 11.7. The highest BCUT2D eigenvalue weighted by molar-refractivity contribution is 6.05. The Morgan fingerprint density at radius 1 is 1.09 bits per heavy atom. The molecule has 228 valence electrons.